The van der Waals surface area contributed by atoms with Gasteiger partial charge in [-0.15, -0.1) is 0 Å². The quantitative estimate of drug-likeness (QED) is 0.849. The molecule has 0 fully saturated rings. The summed E-state index contributed by atoms with van der Waals surface area (Å²) < 4.78 is 11.1. The first-order valence-corrected chi connectivity index (χ1v) is 6.52. The van der Waals surface area contributed by atoms with E-state index in [1.807, 2.05) is 13.0 Å². The molecule has 1 aromatic carbocycles. The molecule has 0 aliphatic heterocycles. The van der Waals surface area contributed by atoms with Gasteiger partial charge in [-0.25, -0.2) is 0 Å². The molecule has 0 saturated heterocycles. The van der Waals surface area contributed by atoms with Crippen molar-refractivity contribution in [1.82, 2.24) is 10.1 Å². The highest BCUT2D eigenvalue weighted by Crippen LogP contribution is 2.26. The Balaban J connectivity index is 2.21. The Morgan fingerprint density at radius 3 is 2.94 bits per heavy atom. The van der Waals surface area contributed by atoms with Crippen molar-refractivity contribution in [3.63, 3.8) is 0 Å². The number of phenolic OH excluding ortho intramolecular Hbond substituents is 1. The van der Waals surface area contributed by atoms with Crippen molar-refractivity contribution in [2.45, 2.75) is 19.4 Å². The van der Waals surface area contributed by atoms with E-state index in [9.17, 15) is 5.11 Å². The Morgan fingerprint density at radius 2 is 2.28 bits per heavy atom. The topological polar surface area (TPSA) is 68.4 Å². The Kier molecular flexibility index (Phi) is 4.18. The molecule has 0 amide bonds. The molecule has 96 valence electrons. The van der Waals surface area contributed by atoms with Gasteiger partial charge >= 0.3 is 0 Å². The van der Waals surface area contributed by atoms with Gasteiger partial charge in [-0.05, 0) is 47.7 Å². The van der Waals surface area contributed by atoms with E-state index in [-0.39, 0.29) is 11.9 Å². The van der Waals surface area contributed by atoms with Crippen molar-refractivity contribution in [3.05, 3.63) is 27.6 Å². The number of aromatic nitrogens is 2. The second-order valence-electron chi connectivity index (χ2n) is 3.93. The third-order valence-corrected chi connectivity index (χ3v) is 3.45. The van der Waals surface area contributed by atoms with Gasteiger partial charge in [-0.1, -0.05) is 5.16 Å². The summed E-state index contributed by atoms with van der Waals surface area (Å²) in [4.78, 5) is 4.27. The summed E-state index contributed by atoms with van der Waals surface area (Å²) in [5, 5.41) is 13.5. The van der Waals surface area contributed by atoms with Gasteiger partial charge in [0.05, 0.1) is 9.67 Å². The highest BCUT2D eigenvalue weighted by molar-refractivity contribution is 14.1. The van der Waals surface area contributed by atoms with E-state index in [2.05, 4.69) is 32.7 Å². The van der Waals surface area contributed by atoms with Gasteiger partial charge in [0, 0.05) is 19.1 Å². The maximum absolute atomic E-state index is 9.63. The van der Waals surface area contributed by atoms with E-state index in [0.29, 0.717) is 23.7 Å². The molecule has 18 heavy (non-hydrogen) atoms. The molecule has 2 rings (SSSR count). The van der Waals surface area contributed by atoms with Crippen LogP contribution in [0.4, 0.5) is 0 Å². The summed E-state index contributed by atoms with van der Waals surface area (Å²) in [6, 6.07) is 5.24. The normalized spacial score (nSPS) is 12.6. The van der Waals surface area contributed by atoms with E-state index < -0.39 is 0 Å². The van der Waals surface area contributed by atoms with E-state index in [1.165, 1.54) is 0 Å². The van der Waals surface area contributed by atoms with Gasteiger partial charge in [-0.2, -0.15) is 4.98 Å². The molecule has 0 aliphatic carbocycles. The Bertz CT molecular complexity index is 542. The SMILES string of the molecule is COC(C)Cc1noc(-c2ccc(I)c(O)c2)n1. The third-order valence-electron chi connectivity index (χ3n) is 2.53. The summed E-state index contributed by atoms with van der Waals surface area (Å²) in [5.41, 5.74) is 0.705. The minimum atomic E-state index is 0.0422. The fourth-order valence-electron chi connectivity index (χ4n) is 1.44. The number of benzene rings is 1. The van der Waals surface area contributed by atoms with Crippen LogP contribution in [0.3, 0.4) is 0 Å². The van der Waals surface area contributed by atoms with Crippen LogP contribution in [-0.4, -0.2) is 28.5 Å². The summed E-state index contributed by atoms with van der Waals surface area (Å²) in [7, 11) is 1.64. The summed E-state index contributed by atoms with van der Waals surface area (Å²) in [6.45, 7) is 1.94. The van der Waals surface area contributed by atoms with Crippen LogP contribution in [0.1, 0.15) is 12.7 Å². The van der Waals surface area contributed by atoms with Crippen LogP contribution >= 0.6 is 22.6 Å². The largest absolute Gasteiger partial charge is 0.507 e. The van der Waals surface area contributed by atoms with Crippen LogP contribution in [-0.2, 0) is 11.2 Å². The zero-order valence-electron chi connectivity index (χ0n) is 10.1. The monoisotopic (exact) mass is 360 g/mol. The van der Waals surface area contributed by atoms with Crippen LogP contribution in [0, 0.1) is 3.57 Å². The fraction of sp³-hybridized carbons (Fsp3) is 0.333. The second-order valence-corrected chi connectivity index (χ2v) is 5.09. The van der Waals surface area contributed by atoms with Crippen LogP contribution in [0.2, 0.25) is 0 Å². The Morgan fingerprint density at radius 1 is 1.50 bits per heavy atom. The molecular weight excluding hydrogens is 347 g/mol. The van der Waals surface area contributed by atoms with E-state index >= 15 is 0 Å². The minimum Gasteiger partial charge on any atom is -0.507 e. The molecule has 1 unspecified atom stereocenters. The van der Waals surface area contributed by atoms with Gasteiger partial charge < -0.3 is 14.4 Å². The highest BCUT2D eigenvalue weighted by Gasteiger charge is 2.12. The van der Waals surface area contributed by atoms with Gasteiger partial charge in [0.15, 0.2) is 5.82 Å². The summed E-state index contributed by atoms with van der Waals surface area (Å²) in [5.74, 6) is 1.20. The average molecular weight is 360 g/mol. The van der Waals surface area contributed by atoms with Crippen molar-refractivity contribution in [2.24, 2.45) is 0 Å². The number of nitrogens with zero attached hydrogens (tertiary/aromatic N) is 2. The number of ether oxygens (including phenoxy) is 1. The van der Waals surface area contributed by atoms with Gasteiger partial charge in [-0.3, -0.25) is 0 Å². The highest BCUT2D eigenvalue weighted by atomic mass is 127. The van der Waals surface area contributed by atoms with Crippen molar-refractivity contribution in [2.75, 3.05) is 7.11 Å². The zero-order chi connectivity index (χ0) is 13.1. The lowest BCUT2D eigenvalue weighted by molar-refractivity contribution is 0.116. The number of methoxy groups -OCH3 is 1. The first-order chi connectivity index (χ1) is 8.60. The predicted molar refractivity (Wildman–Crippen MR) is 74.3 cm³/mol. The lowest BCUT2D eigenvalue weighted by Crippen LogP contribution is -2.09. The third kappa shape index (κ3) is 2.99. The van der Waals surface area contributed by atoms with Gasteiger partial charge in [0.25, 0.3) is 5.89 Å². The molecule has 1 aromatic heterocycles. The lowest BCUT2D eigenvalue weighted by Gasteiger charge is -2.03. The van der Waals surface area contributed by atoms with E-state index in [0.717, 1.165) is 3.57 Å². The second kappa shape index (κ2) is 5.66. The number of hydrogen-bond acceptors (Lipinski definition) is 5. The van der Waals surface area contributed by atoms with Gasteiger partial charge in [0.1, 0.15) is 5.75 Å². The Labute approximate surface area is 118 Å². The van der Waals surface area contributed by atoms with E-state index in [4.69, 9.17) is 9.26 Å². The molecular formula is C12H13IN2O3. The van der Waals surface area contributed by atoms with Crippen molar-refractivity contribution in [1.29, 1.82) is 0 Å². The number of aromatic hydroxyl groups is 1. The number of phenols is 1. The standard InChI is InChI=1S/C12H13IN2O3/c1-7(17-2)5-11-14-12(18-15-11)8-3-4-9(13)10(16)6-8/h3-4,6-7,16H,5H2,1-2H3. The predicted octanol–water partition coefficient (Wildman–Crippen LogP) is 2.62. The Hall–Kier alpha value is -1.15. The zero-order valence-corrected chi connectivity index (χ0v) is 12.2. The van der Waals surface area contributed by atoms with Crippen molar-refractivity contribution >= 4 is 22.6 Å². The molecule has 0 spiro atoms. The van der Waals surface area contributed by atoms with Crippen LogP contribution in [0.25, 0.3) is 11.5 Å². The molecule has 1 heterocycles. The number of halogens is 1. The lowest BCUT2D eigenvalue weighted by atomic mass is 10.2. The van der Waals surface area contributed by atoms with Crippen LogP contribution in [0.15, 0.2) is 22.7 Å². The molecule has 1 N–H and O–H groups in total. The maximum Gasteiger partial charge on any atom is 0.258 e. The molecule has 0 saturated carbocycles. The molecule has 5 nitrogen and oxygen atoms in total. The molecule has 6 heteroatoms. The number of rotatable bonds is 4. The summed E-state index contributed by atoms with van der Waals surface area (Å²) >= 11 is 2.05. The van der Waals surface area contributed by atoms with Crippen LogP contribution < -0.4 is 0 Å². The molecule has 0 bridgehead atoms. The van der Waals surface area contributed by atoms with Crippen molar-refractivity contribution < 1.29 is 14.4 Å². The molecule has 0 aliphatic rings. The van der Waals surface area contributed by atoms with Gasteiger partial charge in [0.2, 0.25) is 0 Å². The average Bonchev–Trinajstić information content (AvgIpc) is 2.81. The first kappa shape index (κ1) is 13.3. The van der Waals surface area contributed by atoms with E-state index in [1.54, 1.807) is 19.2 Å². The number of hydrogen-bond donors (Lipinski definition) is 1. The summed E-state index contributed by atoms with van der Waals surface area (Å²) in [6.07, 6.45) is 0.636. The minimum absolute atomic E-state index is 0.0422. The maximum atomic E-state index is 9.63. The first-order valence-electron chi connectivity index (χ1n) is 5.44. The molecule has 1 atom stereocenters. The molecule has 0 radical (unpaired) electrons. The van der Waals surface area contributed by atoms with Crippen LogP contribution in [0.5, 0.6) is 5.75 Å². The molecule has 2 aromatic rings. The fourth-order valence-corrected chi connectivity index (χ4v) is 1.78. The smallest absolute Gasteiger partial charge is 0.258 e. The van der Waals surface area contributed by atoms with Crippen molar-refractivity contribution in [3.8, 4) is 17.2 Å².